The molecule has 0 aliphatic carbocycles. The minimum absolute atomic E-state index is 0.423. The molecule has 0 saturated carbocycles. The molecule has 0 aliphatic heterocycles. The summed E-state index contributed by atoms with van der Waals surface area (Å²) in [4.78, 5) is 16.4. The molecule has 2 nitrogen and oxygen atoms in total. The second-order valence-electron chi connectivity index (χ2n) is 5.41. The fourth-order valence-electron chi connectivity index (χ4n) is 2.65. The highest BCUT2D eigenvalue weighted by Crippen LogP contribution is 2.30. The number of pyridine rings is 1. The molecule has 0 atom stereocenters. The van der Waals surface area contributed by atoms with Crippen LogP contribution in [0.15, 0.2) is 48.5 Å². The predicted octanol–water partition coefficient (Wildman–Crippen LogP) is 5.89. The summed E-state index contributed by atoms with van der Waals surface area (Å²) in [6.45, 7) is 2.15. The Morgan fingerprint density at radius 3 is 2.52 bits per heavy atom. The molecule has 1 heterocycles. The Balaban J connectivity index is 2.17. The van der Waals surface area contributed by atoms with E-state index in [-0.39, 0.29) is 0 Å². The van der Waals surface area contributed by atoms with Crippen molar-refractivity contribution in [1.82, 2.24) is 4.98 Å². The van der Waals surface area contributed by atoms with Crippen LogP contribution < -0.4 is 0 Å². The number of aryl methyl sites for hydroxylation is 1. The van der Waals surface area contributed by atoms with Gasteiger partial charge in [0.1, 0.15) is 0 Å². The zero-order valence-corrected chi connectivity index (χ0v) is 14.2. The van der Waals surface area contributed by atoms with E-state index in [1.165, 1.54) is 5.56 Å². The summed E-state index contributed by atoms with van der Waals surface area (Å²) in [5, 5.41) is 0.665. The van der Waals surface area contributed by atoms with Crippen molar-refractivity contribution in [2.24, 2.45) is 0 Å². The lowest BCUT2D eigenvalue weighted by molar-refractivity contribution is 0.108. The molecule has 3 rings (SSSR count). The molecule has 0 amide bonds. The van der Waals surface area contributed by atoms with Crippen molar-refractivity contribution in [1.29, 1.82) is 0 Å². The van der Waals surface area contributed by atoms with Crippen LogP contribution in [-0.4, -0.2) is 10.2 Å². The lowest BCUT2D eigenvalue weighted by atomic mass is 10.0. The molecule has 2 aromatic carbocycles. The largest absolute Gasteiger partial charge is 0.276 e. The van der Waals surface area contributed by atoms with Gasteiger partial charge in [0.05, 0.1) is 16.2 Å². The van der Waals surface area contributed by atoms with Crippen molar-refractivity contribution in [3.63, 3.8) is 0 Å². The van der Waals surface area contributed by atoms with E-state index in [9.17, 15) is 4.79 Å². The molecule has 3 aromatic rings. The standard InChI is InChI=1S/C19H15Cl2NO/c1-2-4-12-7-9-13(10-8-12)17-11-15(19(21)23)14-5-3-6-16(20)18(14)22-17/h3,5-11H,2,4H2,1H3. The van der Waals surface area contributed by atoms with Gasteiger partial charge in [0.2, 0.25) is 0 Å². The third kappa shape index (κ3) is 3.24. The van der Waals surface area contributed by atoms with Gasteiger partial charge in [-0.3, -0.25) is 4.79 Å². The van der Waals surface area contributed by atoms with Crippen molar-refractivity contribution in [3.8, 4) is 11.3 Å². The zero-order chi connectivity index (χ0) is 16.4. The summed E-state index contributed by atoms with van der Waals surface area (Å²) in [6, 6.07) is 15.3. The molecule has 0 N–H and O–H groups in total. The molecule has 0 bridgehead atoms. The topological polar surface area (TPSA) is 30.0 Å². The number of para-hydroxylation sites is 1. The van der Waals surface area contributed by atoms with Gasteiger partial charge in [0.15, 0.2) is 0 Å². The number of carbonyl (C=O) groups is 1. The summed E-state index contributed by atoms with van der Waals surface area (Å²) in [7, 11) is 0. The van der Waals surface area contributed by atoms with E-state index >= 15 is 0 Å². The molecular weight excluding hydrogens is 329 g/mol. The molecule has 0 saturated heterocycles. The highest BCUT2D eigenvalue weighted by atomic mass is 35.5. The van der Waals surface area contributed by atoms with Gasteiger partial charge in [0, 0.05) is 16.5 Å². The number of halogens is 2. The maximum Gasteiger partial charge on any atom is 0.253 e. The van der Waals surface area contributed by atoms with Gasteiger partial charge in [-0.05, 0) is 35.7 Å². The van der Waals surface area contributed by atoms with Crippen molar-refractivity contribution >= 4 is 39.3 Å². The fourth-order valence-corrected chi connectivity index (χ4v) is 3.03. The second-order valence-corrected chi connectivity index (χ2v) is 6.16. The smallest absolute Gasteiger partial charge is 0.253 e. The molecule has 1 aromatic heterocycles. The van der Waals surface area contributed by atoms with Crippen LogP contribution in [0.1, 0.15) is 29.3 Å². The molecule has 0 spiro atoms. The number of fused-ring (bicyclic) bond motifs is 1. The maximum atomic E-state index is 11.8. The molecule has 0 unspecified atom stereocenters. The van der Waals surface area contributed by atoms with Crippen molar-refractivity contribution in [2.75, 3.05) is 0 Å². The van der Waals surface area contributed by atoms with Gasteiger partial charge < -0.3 is 0 Å². The average molecular weight is 344 g/mol. The lowest BCUT2D eigenvalue weighted by Gasteiger charge is -2.09. The van der Waals surface area contributed by atoms with Crippen LogP contribution in [0.5, 0.6) is 0 Å². The Morgan fingerprint density at radius 2 is 1.87 bits per heavy atom. The highest BCUT2D eigenvalue weighted by molar-refractivity contribution is 6.68. The van der Waals surface area contributed by atoms with E-state index < -0.39 is 5.24 Å². The average Bonchev–Trinajstić information content (AvgIpc) is 2.55. The Bertz CT molecular complexity index is 872. The van der Waals surface area contributed by atoms with Crippen LogP contribution in [0.25, 0.3) is 22.2 Å². The normalized spacial score (nSPS) is 10.9. The predicted molar refractivity (Wildman–Crippen MR) is 96.4 cm³/mol. The van der Waals surface area contributed by atoms with Crippen LogP contribution >= 0.6 is 23.2 Å². The molecular formula is C19H15Cl2NO. The van der Waals surface area contributed by atoms with Gasteiger partial charge in [-0.2, -0.15) is 0 Å². The van der Waals surface area contributed by atoms with Crippen LogP contribution in [-0.2, 0) is 6.42 Å². The molecule has 23 heavy (non-hydrogen) atoms. The number of hydrogen-bond donors (Lipinski definition) is 0. The van der Waals surface area contributed by atoms with E-state index in [4.69, 9.17) is 23.2 Å². The van der Waals surface area contributed by atoms with E-state index in [1.807, 2.05) is 12.1 Å². The van der Waals surface area contributed by atoms with Crippen LogP contribution in [0, 0.1) is 0 Å². The first kappa shape index (κ1) is 16.0. The zero-order valence-electron chi connectivity index (χ0n) is 12.6. The fraction of sp³-hybridized carbons (Fsp3) is 0.158. The lowest BCUT2D eigenvalue weighted by Crippen LogP contribution is -1.96. The van der Waals surface area contributed by atoms with Crippen molar-refractivity contribution in [2.45, 2.75) is 19.8 Å². The minimum Gasteiger partial charge on any atom is -0.276 e. The first-order valence-electron chi connectivity index (χ1n) is 7.48. The summed E-state index contributed by atoms with van der Waals surface area (Å²) in [6.07, 6.45) is 2.15. The van der Waals surface area contributed by atoms with Gasteiger partial charge in [-0.1, -0.05) is 61.3 Å². The Kier molecular flexibility index (Phi) is 4.65. The number of benzene rings is 2. The van der Waals surface area contributed by atoms with Crippen LogP contribution in [0.4, 0.5) is 0 Å². The molecule has 0 radical (unpaired) electrons. The molecule has 0 fully saturated rings. The van der Waals surface area contributed by atoms with E-state index in [2.05, 4.69) is 24.0 Å². The quantitative estimate of drug-likeness (QED) is 0.553. The van der Waals surface area contributed by atoms with Gasteiger partial charge >= 0.3 is 0 Å². The monoisotopic (exact) mass is 343 g/mol. The number of hydrogen-bond acceptors (Lipinski definition) is 2. The summed E-state index contributed by atoms with van der Waals surface area (Å²) >= 11 is 12.0. The Labute approximate surface area is 145 Å². The van der Waals surface area contributed by atoms with E-state index in [1.54, 1.807) is 24.3 Å². The number of nitrogens with zero attached hydrogens (tertiary/aromatic N) is 1. The summed E-state index contributed by atoms with van der Waals surface area (Å²) < 4.78 is 0. The number of aromatic nitrogens is 1. The first-order chi connectivity index (χ1) is 11.1. The maximum absolute atomic E-state index is 11.8. The third-order valence-corrected chi connectivity index (χ3v) is 4.30. The SMILES string of the molecule is CCCc1ccc(-c2cc(C(=O)Cl)c3cccc(Cl)c3n2)cc1. The Morgan fingerprint density at radius 1 is 1.13 bits per heavy atom. The van der Waals surface area contributed by atoms with Gasteiger partial charge in [-0.25, -0.2) is 4.98 Å². The molecule has 0 aliphatic rings. The number of carbonyl (C=O) groups excluding carboxylic acids is 1. The van der Waals surface area contributed by atoms with Gasteiger partial charge in [0.25, 0.3) is 5.24 Å². The summed E-state index contributed by atoms with van der Waals surface area (Å²) in [5.74, 6) is 0. The van der Waals surface area contributed by atoms with E-state index in [0.29, 0.717) is 27.2 Å². The van der Waals surface area contributed by atoms with Crippen molar-refractivity contribution in [3.05, 3.63) is 64.7 Å². The molecule has 116 valence electrons. The van der Waals surface area contributed by atoms with Crippen molar-refractivity contribution < 1.29 is 4.79 Å². The van der Waals surface area contributed by atoms with Crippen LogP contribution in [0.3, 0.4) is 0 Å². The first-order valence-corrected chi connectivity index (χ1v) is 8.24. The molecule has 4 heteroatoms. The highest BCUT2D eigenvalue weighted by Gasteiger charge is 2.14. The second kappa shape index (κ2) is 6.69. The minimum atomic E-state index is -0.511. The Hall–Kier alpha value is -1.90. The van der Waals surface area contributed by atoms with Gasteiger partial charge in [-0.15, -0.1) is 0 Å². The number of rotatable bonds is 4. The van der Waals surface area contributed by atoms with Crippen LogP contribution in [0.2, 0.25) is 5.02 Å². The summed E-state index contributed by atoms with van der Waals surface area (Å²) in [5.41, 5.74) is 3.92. The third-order valence-electron chi connectivity index (χ3n) is 3.79. The van der Waals surface area contributed by atoms with E-state index in [0.717, 1.165) is 18.4 Å².